The van der Waals surface area contributed by atoms with E-state index in [4.69, 9.17) is 5.41 Å². The molecule has 0 bridgehead atoms. The fraction of sp³-hybridized carbons (Fsp3) is 0.550. The summed E-state index contributed by atoms with van der Waals surface area (Å²) in [6.45, 7) is 5.49. The highest BCUT2D eigenvalue weighted by atomic mass is 15.2. The molecule has 1 unspecified atom stereocenters. The van der Waals surface area contributed by atoms with Gasteiger partial charge in [-0.2, -0.15) is 0 Å². The lowest BCUT2D eigenvalue weighted by Gasteiger charge is -2.41. The first-order valence-corrected chi connectivity index (χ1v) is 8.95. The Morgan fingerprint density at radius 1 is 1.39 bits per heavy atom. The smallest absolute Gasteiger partial charge is 0.0399 e. The third-order valence-electron chi connectivity index (χ3n) is 5.28. The van der Waals surface area contributed by atoms with E-state index in [2.05, 4.69) is 49.3 Å². The molecule has 3 rings (SSSR count). The first-order chi connectivity index (χ1) is 11.2. The first kappa shape index (κ1) is 16.1. The number of fused-ring (bicyclic) bond motifs is 1. The second kappa shape index (κ2) is 6.77. The van der Waals surface area contributed by atoms with Gasteiger partial charge in [-0.05, 0) is 60.8 Å². The number of nitrogens with one attached hydrogen (secondary N) is 2. The fourth-order valence-corrected chi connectivity index (χ4v) is 4.04. The average Bonchev–Trinajstić information content (AvgIpc) is 3.36. The van der Waals surface area contributed by atoms with Gasteiger partial charge >= 0.3 is 0 Å². The molecule has 1 fully saturated rings. The summed E-state index contributed by atoms with van der Waals surface area (Å²) in [5, 5.41) is 11.0. The maximum atomic E-state index is 7.71. The summed E-state index contributed by atoms with van der Waals surface area (Å²) in [4.78, 5) is 2.51. The van der Waals surface area contributed by atoms with Gasteiger partial charge in [0.1, 0.15) is 0 Å². The Bertz CT molecular complexity index is 601. The predicted molar refractivity (Wildman–Crippen MR) is 99.3 cm³/mol. The minimum atomic E-state index is 0.706. The van der Waals surface area contributed by atoms with Crippen molar-refractivity contribution in [3.8, 4) is 0 Å². The van der Waals surface area contributed by atoms with Gasteiger partial charge < -0.3 is 15.6 Å². The lowest BCUT2D eigenvalue weighted by molar-refractivity contribution is 0.381. The maximum Gasteiger partial charge on any atom is 0.0399 e. The Kier molecular flexibility index (Phi) is 4.74. The van der Waals surface area contributed by atoms with Crippen molar-refractivity contribution in [3.05, 3.63) is 35.5 Å². The minimum Gasteiger partial charge on any atom is -0.390 e. The molecule has 1 aromatic rings. The number of benzene rings is 1. The van der Waals surface area contributed by atoms with Crippen LogP contribution in [0.3, 0.4) is 0 Å². The van der Waals surface area contributed by atoms with Crippen LogP contribution in [-0.4, -0.2) is 25.8 Å². The van der Waals surface area contributed by atoms with Gasteiger partial charge in [0.15, 0.2) is 0 Å². The summed E-state index contributed by atoms with van der Waals surface area (Å²) in [6, 6.07) is 7.41. The van der Waals surface area contributed by atoms with Crippen molar-refractivity contribution in [1.82, 2.24) is 5.32 Å². The van der Waals surface area contributed by atoms with E-state index in [0.29, 0.717) is 12.0 Å². The van der Waals surface area contributed by atoms with Gasteiger partial charge in [0, 0.05) is 43.3 Å². The zero-order chi connectivity index (χ0) is 16.4. The standard InChI is InChI=1S/C20H29N3/c1-4-9-22-13-18(12-21)16-7-8-19-17(11-16)10-14(2)20(23(19)3)15-5-6-15/h7-8,11-15,20-22H,4-6,9-10H2,1-3H3/b18-13+,21-12?/t14?,20-/m1/s1. The summed E-state index contributed by atoms with van der Waals surface area (Å²) < 4.78 is 0. The summed E-state index contributed by atoms with van der Waals surface area (Å²) in [5.41, 5.74) is 4.92. The molecule has 3 heteroatoms. The molecule has 1 aliphatic carbocycles. The molecule has 0 aromatic heterocycles. The van der Waals surface area contributed by atoms with Crippen molar-refractivity contribution in [2.24, 2.45) is 11.8 Å². The molecular formula is C20H29N3. The van der Waals surface area contributed by atoms with Crippen molar-refractivity contribution in [1.29, 1.82) is 5.41 Å². The van der Waals surface area contributed by atoms with Crippen LogP contribution in [0.1, 0.15) is 44.2 Å². The maximum absolute atomic E-state index is 7.71. The fourth-order valence-electron chi connectivity index (χ4n) is 4.04. The SMILES string of the molecule is CCCN/C=C(\C=N)c1ccc2c(c1)CC(C)[C@H](C1CC1)N2C. The van der Waals surface area contributed by atoms with Crippen molar-refractivity contribution in [2.75, 3.05) is 18.5 Å². The Morgan fingerprint density at radius 2 is 2.17 bits per heavy atom. The van der Waals surface area contributed by atoms with Crippen LogP contribution < -0.4 is 10.2 Å². The van der Waals surface area contributed by atoms with Crippen molar-refractivity contribution in [2.45, 2.75) is 45.6 Å². The second-order valence-electron chi connectivity index (χ2n) is 7.16. The van der Waals surface area contributed by atoms with E-state index >= 15 is 0 Å². The zero-order valence-corrected chi connectivity index (χ0v) is 14.6. The van der Waals surface area contributed by atoms with Crippen LogP contribution in [0.2, 0.25) is 0 Å². The van der Waals surface area contributed by atoms with E-state index in [9.17, 15) is 0 Å². The normalized spacial score (nSPS) is 24.3. The lowest BCUT2D eigenvalue weighted by Crippen LogP contribution is -2.43. The highest BCUT2D eigenvalue weighted by Crippen LogP contribution is 2.44. The Balaban J connectivity index is 1.86. The summed E-state index contributed by atoms with van der Waals surface area (Å²) >= 11 is 0. The molecule has 0 saturated heterocycles. The van der Waals surface area contributed by atoms with Crippen LogP contribution in [0.15, 0.2) is 24.4 Å². The number of anilines is 1. The molecule has 1 aliphatic heterocycles. The van der Waals surface area contributed by atoms with Crippen LogP contribution in [0.5, 0.6) is 0 Å². The predicted octanol–water partition coefficient (Wildman–Crippen LogP) is 4.08. The van der Waals surface area contributed by atoms with Gasteiger partial charge in [-0.15, -0.1) is 0 Å². The number of nitrogens with zero attached hydrogens (tertiary/aromatic N) is 1. The summed E-state index contributed by atoms with van der Waals surface area (Å²) in [6.07, 6.45) is 8.47. The van der Waals surface area contributed by atoms with Crippen LogP contribution in [0, 0.1) is 17.2 Å². The number of hydrogen-bond acceptors (Lipinski definition) is 3. The van der Waals surface area contributed by atoms with Crippen LogP contribution >= 0.6 is 0 Å². The number of hydrogen-bond donors (Lipinski definition) is 2. The topological polar surface area (TPSA) is 39.1 Å². The third kappa shape index (κ3) is 3.29. The molecule has 23 heavy (non-hydrogen) atoms. The van der Waals surface area contributed by atoms with Gasteiger partial charge in [-0.1, -0.05) is 19.9 Å². The highest BCUT2D eigenvalue weighted by molar-refractivity contribution is 6.08. The molecule has 0 amide bonds. The summed E-state index contributed by atoms with van der Waals surface area (Å²) in [7, 11) is 2.26. The lowest BCUT2D eigenvalue weighted by atomic mass is 9.84. The largest absolute Gasteiger partial charge is 0.390 e. The van der Waals surface area contributed by atoms with E-state index < -0.39 is 0 Å². The molecule has 124 valence electrons. The van der Waals surface area contributed by atoms with Crippen LogP contribution in [-0.2, 0) is 6.42 Å². The van der Waals surface area contributed by atoms with Gasteiger partial charge in [-0.3, -0.25) is 0 Å². The van der Waals surface area contributed by atoms with Crippen molar-refractivity contribution in [3.63, 3.8) is 0 Å². The summed E-state index contributed by atoms with van der Waals surface area (Å²) in [5.74, 6) is 1.61. The third-order valence-corrected chi connectivity index (χ3v) is 5.28. The van der Waals surface area contributed by atoms with Crippen LogP contribution in [0.25, 0.3) is 5.57 Å². The first-order valence-electron chi connectivity index (χ1n) is 8.95. The zero-order valence-electron chi connectivity index (χ0n) is 14.6. The Hall–Kier alpha value is -1.77. The quantitative estimate of drug-likeness (QED) is 0.613. The second-order valence-corrected chi connectivity index (χ2v) is 7.16. The molecule has 3 nitrogen and oxygen atoms in total. The minimum absolute atomic E-state index is 0.706. The number of allylic oxidation sites excluding steroid dienone is 1. The monoisotopic (exact) mass is 311 g/mol. The van der Waals surface area contributed by atoms with Crippen molar-refractivity contribution >= 4 is 17.5 Å². The molecule has 0 spiro atoms. The molecule has 2 aliphatic rings. The van der Waals surface area contributed by atoms with E-state index in [1.54, 1.807) is 0 Å². The molecule has 2 atom stereocenters. The van der Waals surface area contributed by atoms with Gasteiger partial charge in [0.05, 0.1) is 0 Å². The molecule has 2 N–H and O–H groups in total. The molecule has 1 aromatic carbocycles. The highest BCUT2D eigenvalue weighted by Gasteiger charge is 2.40. The number of rotatable bonds is 6. The van der Waals surface area contributed by atoms with Gasteiger partial charge in [0.25, 0.3) is 0 Å². The van der Waals surface area contributed by atoms with E-state index in [1.807, 2.05) is 6.20 Å². The molecular weight excluding hydrogens is 282 g/mol. The Labute approximate surface area is 140 Å². The van der Waals surface area contributed by atoms with Crippen molar-refractivity contribution < 1.29 is 0 Å². The molecule has 1 heterocycles. The average molecular weight is 311 g/mol. The van der Waals surface area contributed by atoms with E-state index in [1.165, 1.54) is 30.3 Å². The Morgan fingerprint density at radius 3 is 2.83 bits per heavy atom. The van der Waals surface area contributed by atoms with Gasteiger partial charge in [-0.25, -0.2) is 0 Å². The van der Waals surface area contributed by atoms with E-state index in [0.717, 1.165) is 36.4 Å². The van der Waals surface area contributed by atoms with Gasteiger partial charge in [0.2, 0.25) is 0 Å². The van der Waals surface area contributed by atoms with E-state index in [-0.39, 0.29) is 0 Å². The molecule has 1 saturated carbocycles. The van der Waals surface area contributed by atoms with Crippen LogP contribution in [0.4, 0.5) is 5.69 Å². The molecule has 0 radical (unpaired) electrons.